The first-order valence-electron chi connectivity index (χ1n) is 7.58. The number of likely N-dealkylation sites (tertiary alicyclic amines) is 1. The summed E-state index contributed by atoms with van der Waals surface area (Å²) in [5, 5.41) is 0. The van der Waals surface area contributed by atoms with Gasteiger partial charge in [0.15, 0.2) is 11.5 Å². The minimum Gasteiger partial charge on any atom is -0.493 e. The topological polar surface area (TPSA) is 51.2 Å². The Morgan fingerprint density at radius 3 is 2.74 bits per heavy atom. The maximum absolute atomic E-state index is 14.3. The number of hydrogen-bond acceptors (Lipinski definition) is 5. The van der Waals surface area contributed by atoms with Crippen LogP contribution in [-0.2, 0) is 4.74 Å². The number of nitrogens with zero attached hydrogens (tertiary/aromatic N) is 2. The van der Waals surface area contributed by atoms with Gasteiger partial charge >= 0.3 is 0 Å². The first kappa shape index (κ1) is 16.0. The second kappa shape index (κ2) is 6.33. The van der Waals surface area contributed by atoms with E-state index in [2.05, 4.69) is 4.90 Å². The fourth-order valence-corrected chi connectivity index (χ4v) is 3.28. The number of amides is 1. The fourth-order valence-electron chi connectivity index (χ4n) is 3.28. The van der Waals surface area contributed by atoms with Crippen molar-refractivity contribution in [2.24, 2.45) is 0 Å². The molecule has 2 saturated heterocycles. The Bertz CT molecular complexity index is 610. The molecule has 0 aliphatic carbocycles. The number of morpholine rings is 1. The highest BCUT2D eigenvalue weighted by atomic mass is 19.1. The molecule has 2 heterocycles. The summed E-state index contributed by atoms with van der Waals surface area (Å²) in [7, 11) is 4.87. The molecule has 2 aliphatic heterocycles. The summed E-state index contributed by atoms with van der Waals surface area (Å²) in [6, 6.07) is 2.82. The number of benzene rings is 1. The number of carbonyl (C=O) groups excluding carboxylic acids is 1. The molecule has 1 aromatic carbocycles. The van der Waals surface area contributed by atoms with Crippen molar-refractivity contribution in [2.75, 3.05) is 47.5 Å². The number of methoxy groups -OCH3 is 2. The Labute approximate surface area is 134 Å². The van der Waals surface area contributed by atoms with Crippen molar-refractivity contribution in [3.05, 3.63) is 23.5 Å². The number of carbonyl (C=O) groups is 1. The molecule has 23 heavy (non-hydrogen) atoms. The number of fused-ring (bicyclic) bond motifs is 1. The highest BCUT2D eigenvalue weighted by Crippen LogP contribution is 2.34. The summed E-state index contributed by atoms with van der Waals surface area (Å²) in [5.41, 5.74) is -0.0897. The van der Waals surface area contributed by atoms with Gasteiger partial charge in [-0.2, -0.15) is 0 Å². The van der Waals surface area contributed by atoms with Crippen molar-refractivity contribution < 1.29 is 23.4 Å². The van der Waals surface area contributed by atoms with E-state index < -0.39 is 11.7 Å². The van der Waals surface area contributed by atoms with Gasteiger partial charge in [0.2, 0.25) is 0 Å². The van der Waals surface area contributed by atoms with Crippen molar-refractivity contribution in [3.8, 4) is 11.5 Å². The summed E-state index contributed by atoms with van der Waals surface area (Å²) >= 11 is 0. The van der Waals surface area contributed by atoms with Gasteiger partial charge in [0, 0.05) is 19.6 Å². The second-order valence-corrected chi connectivity index (χ2v) is 5.83. The first-order chi connectivity index (χ1) is 11.1. The van der Waals surface area contributed by atoms with E-state index in [-0.39, 0.29) is 23.5 Å². The van der Waals surface area contributed by atoms with Gasteiger partial charge in [0.25, 0.3) is 5.91 Å². The first-order valence-corrected chi connectivity index (χ1v) is 7.58. The van der Waals surface area contributed by atoms with E-state index in [9.17, 15) is 9.18 Å². The minimum atomic E-state index is -0.614. The molecule has 0 saturated carbocycles. The molecule has 126 valence electrons. The second-order valence-electron chi connectivity index (χ2n) is 5.83. The van der Waals surface area contributed by atoms with Gasteiger partial charge in [-0.15, -0.1) is 0 Å². The van der Waals surface area contributed by atoms with Crippen molar-refractivity contribution in [2.45, 2.75) is 12.1 Å². The molecular formula is C16H21FN2O4. The van der Waals surface area contributed by atoms with Gasteiger partial charge in [0.1, 0.15) is 11.4 Å². The van der Waals surface area contributed by atoms with Crippen LogP contribution in [0.15, 0.2) is 12.1 Å². The van der Waals surface area contributed by atoms with Crippen LogP contribution in [0.3, 0.4) is 0 Å². The monoisotopic (exact) mass is 324 g/mol. The molecule has 7 heteroatoms. The van der Waals surface area contributed by atoms with Crippen molar-refractivity contribution in [1.82, 2.24) is 9.80 Å². The number of rotatable bonds is 3. The molecule has 0 aromatic heterocycles. The SMILES string of the molecule is COc1ccc(F)c(C(=O)N2C[C@H]3OCCN(C)[C@H]3C2)c1OC. The van der Waals surface area contributed by atoms with Crippen LogP contribution in [0.4, 0.5) is 4.39 Å². The molecule has 0 bridgehead atoms. The molecule has 2 aliphatic rings. The van der Waals surface area contributed by atoms with E-state index in [0.29, 0.717) is 25.4 Å². The van der Waals surface area contributed by atoms with Crippen LogP contribution in [0.5, 0.6) is 11.5 Å². The molecule has 2 fully saturated rings. The minimum absolute atomic E-state index is 0.0302. The van der Waals surface area contributed by atoms with Crippen LogP contribution in [-0.4, -0.2) is 75.4 Å². The predicted octanol–water partition coefficient (Wildman–Crippen LogP) is 0.998. The van der Waals surface area contributed by atoms with E-state index in [1.807, 2.05) is 7.05 Å². The number of halogens is 1. The quantitative estimate of drug-likeness (QED) is 0.830. The van der Waals surface area contributed by atoms with Crippen molar-refractivity contribution in [3.63, 3.8) is 0 Å². The normalized spacial score (nSPS) is 24.4. The largest absolute Gasteiger partial charge is 0.493 e. The molecule has 6 nitrogen and oxygen atoms in total. The Balaban J connectivity index is 1.89. The average Bonchev–Trinajstić information content (AvgIpc) is 2.99. The van der Waals surface area contributed by atoms with Crippen LogP contribution in [0.2, 0.25) is 0 Å². The Hall–Kier alpha value is -1.86. The lowest BCUT2D eigenvalue weighted by molar-refractivity contribution is -0.0368. The molecule has 0 unspecified atom stereocenters. The van der Waals surface area contributed by atoms with Gasteiger partial charge in [-0.05, 0) is 19.2 Å². The fraction of sp³-hybridized carbons (Fsp3) is 0.562. The lowest BCUT2D eigenvalue weighted by atomic mass is 10.1. The number of ether oxygens (including phenoxy) is 3. The third-order valence-electron chi connectivity index (χ3n) is 4.57. The van der Waals surface area contributed by atoms with Gasteiger partial charge < -0.3 is 19.1 Å². The van der Waals surface area contributed by atoms with Gasteiger partial charge in [-0.25, -0.2) is 4.39 Å². The lowest BCUT2D eigenvalue weighted by Gasteiger charge is -2.33. The highest BCUT2D eigenvalue weighted by molar-refractivity contribution is 5.98. The molecule has 1 aromatic rings. The molecule has 2 atom stereocenters. The van der Waals surface area contributed by atoms with Crippen molar-refractivity contribution in [1.29, 1.82) is 0 Å². The van der Waals surface area contributed by atoms with Crippen LogP contribution in [0.25, 0.3) is 0 Å². The summed E-state index contributed by atoms with van der Waals surface area (Å²) in [6.45, 7) is 2.45. The van der Waals surface area contributed by atoms with E-state index in [1.54, 1.807) is 4.90 Å². The van der Waals surface area contributed by atoms with Crippen LogP contribution in [0, 0.1) is 5.82 Å². The Morgan fingerprint density at radius 2 is 2.09 bits per heavy atom. The molecule has 0 spiro atoms. The molecule has 3 rings (SSSR count). The standard InChI is InChI=1S/C16H21FN2O4/c1-18-6-7-23-13-9-19(8-11(13)18)16(20)14-10(17)4-5-12(21-2)15(14)22-3/h4-5,11,13H,6-9H2,1-3H3/t11-,13+/m0/s1. The van der Waals surface area contributed by atoms with Gasteiger partial charge in [0.05, 0.1) is 33.0 Å². The van der Waals surface area contributed by atoms with Crippen molar-refractivity contribution >= 4 is 5.91 Å². The maximum Gasteiger partial charge on any atom is 0.260 e. The zero-order chi connectivity index (χ0) is 16.6. The molecule has 1 amide bonds. The Kier molecular flexibility index (Phi) is 4.41. The molecule has 0 N–H and O–H groups in total. The van der Waals surface area contributed by atoms with Crippen LogP contribution < -0.4 is 9.47 Å². The maximum atomic E-state index is 14.3. The predicted molar refractivity (Wildman–Crippen MR) is 81.6 cm³/mol. The third kappa shape index (κ3) is 2.74. The Morgan fingerprint density at radius 1 is 1.30 bits per heavy atom. The van der Waals surface area contributed by atoms with E-state index in [4.69, 9.17) is 14.2 Å². The van der Waals surface area contributed by atoms with E-state index in [0.717, 1.165) is 6.54 Å². The zero-order valence-electron chi connectivity index (χ0n) is 13.5. The summed E-state index contributed by atoms with van der Waals surface area (Å²) in [4.78, 5) is 16.6. The van der Waals surface area contributed by atoms with Gasteiger partial charge in [-0.1, -0.05) is 0 Å². The highest BCUT2D eigenvalue weighted by Gasteiger charge is 2.41. The third-order valence-corrected chi connectivity index (χ3v) is 4.57. The zero-order valence-corrected chi connectivity index (χ0v) is 13.5. The van der Waals surface area contributed by atoms with Crippen LogP contribution in [0.1, 0.15) is 10.4 Å². The van der Waals surface area contributed by atoms with Gasteiger partial charge in [-0.3, -0.25) is 9.69 Å². The van der Waals surface area contributed by atoms with E-state index in [1.165, 1.54) is 26.4 Å². The smallest absolute Gasteiger partial charge is 0.260 e. The number of hydrogen-bond donors (Lipinski definition) is 0. The molecule has 0 radical (unpaired) electrons. The molecular weight excluding hydrogens is 303 g/mol. The van der Waals surface area contributed by atoms with E-state index >= 15 is 0 Å². The summed E-state index contributed by atoms with van der Waals surface area (Å²) < 4.78 is 30.4. The summed E-state index contributed by atoms with van der Waals surface area (Å²) in [5.74, 6) is -0.551. The summed E-state index contributed by atoms with van der Waals surface area (Å²) in [6.07, 6.45) is -0.0302. The number of likely N-dealkylation sites (N-methyl/N-ethyl adjacent to an activating group) is 1. The van der Waals surface area contributed by atoms with Crippen LogP contribution >= 0.6 is 0 Å². The lowest BCUT2D eigenvalue weighted by Crippen LogP contribution is -2.48. The average molecular weight is 324 g/mol.